The molecular formula is C9H13NSn. The van der Waals surface area contributed by atoms with E-state index in [1.54, 1.807) is 3.58 Å². The molecule has 58 valence electrons. The topological polar surface area (TPSA) is 26.0 Å². The van der Waals surface area contributed by atoms with Crippen LogP contribution in [0.4, 0.5) is 0 Å². The third-order valence-corrected chi connectivity index (χ3v) is 5.09. The van der Waals surface area contributed by atoms with E-state index in [1.165, 1.54) is 10.0 Å². The van der Waals surface area contributed by atoms with Gasteiger partial charge in [0.15, 0.2) is 0 Å². The fraction of sp³-hybridized carbons (Fsp3) is 0.333. The van der Waals surface area contributed by atoms with Gasteiger partial charge in [-0.25, -0.2) is 0 Å². The maximum atomic E-state index is 5.61. The first-order chi connectivity index (χ1) is 5.38. The molecule has 0 aliphatic heterocycles. The first-order valence-corrected chi connectivity index (χ1v) is 7.35. The second-order valence-electron chi connectivity index (χ2n) is 2.39. The Morgan fingerprint density at radius 3 is 2.73 bits per heavy atom. The molecule has 0 aromatic heterocycles. The summed E-state index contributed by atoms with van der Waals surface area (Å²) in [5.41, 5.74) is 6.97. The molecule has 0 spiro atoms. The Bertz CT molecular complexity index is 223. The fourth-order valence-electron chi connectivity index (χ4n) is 1.06. The summed E-state index contributed by atoms with van der Waals surface area (Å²) in [7, 11) is 0. The zero-order valence-electron chi connectivity index (χ0n) is 6.80. The summed E-state index contributed by atoms with van der Waals surface area (Å²) in [6.45, 7) is 2.97. The van der Waals surface area contributed by atoms with Crippen LogP contribution in [0, 0.1) is 0 Å². The van der Waals surface area contributed by atoms with E-state index in [0.717, 1.165) is 0 Å². The molecular weight excluding hydrogens is 241 g/mol. The molecule has 0 fully saturated rings. The molecule has 2 radical (unpaired) electrons. The van der Waals surface area contributed by atoms with Crippen LogP contribution in [0.5, 0.6) is 0 Å². The monoisotopic (exact) mass is 255 g/mol. The van der Waals surface area contributed by atoms with Crippen molar-refractivity contribution in [1.29, 1.82) is 0 Å². The summed E-state index contributed by atoms with van der Waals surface area (Å²) < 4.78 is 2.93. The molecule has 0 bridgehead atoms. The Labute approximate surface area is 78.2 Å². The summed E-state index contributed by atoms with van der Waals surface area (Å²) in [6, 6.07) is 8.56. The van der Waals surface area contributed by atoms with Crippen LogP contribution in [-0.2, 0) is 6.54 Å². The Hall–Kier alpha value is -0.0213. The average Bonchev–Trinajstić information content (AvgIpc) is 2.06. The summed E-state index contributed by atoms with van der Waals surface area (Å²) in [4.78, 5) is 0. The molecule has 1 aromatic carbocycles. The molecule has 0 saturated carbocycles. The molecule has 1 nitrogen and oxygen atoms in total. The fourth-order valence-corrected chi connectivity index (χ4v) is 3.94. The zero-order valence-corrected chi connectivity index (χ0v) is 9.66. The molecule has 0 saturated heterocycles. The van der Waals surface area contributed by atoms with Gasteiger partial charge in [0.05, 0.1) is 0 Å². The third kappa shape index (κ3) is 2.49. The second-order valence-corrected chi connectivity index (χ2v) is 6.96. The van der Waals surface area contributed by atoms with E-state index in [4.69, 9.17) is 5.73 Å². The van der Waals surface area contributed by atoms with Crippen LogP contribution in [-0.4, -0.2) is 21.1 Å². The minimum absolute atomic E-state index is 0.282. The van der Waals surface area contributed by atoms with E-state index >= 15 is 0 Å². The molecule has 0 atom stereocenters. The molecule has 2 N–H and O–H groups in total. The Kier molecular flexibility index (Phi) is 3.94. The predicted molar refractivity (Wildman–Crippen MR) is 50.2 cm³/mol. The second kappa shape index (κ2) is 4.78. The quantitative estimate of drug-likeness (QED) is 0.797. The van der Waals surface area contributed by atoms with Crippen molar-refractivity contribution in [2.45, 2.75) is 17.9 Å². The van der Waals surface area contributed by atoms with Crippen molar-refractivity contribution in [3.8, 4) is 0 Å². The third-order valence-electron chi connectivity index (χ3n) is 1.60. The molecule has 0 amide bonds. The normalized spacial score (nSPS) is 10.0. The van der Waals surface area contributed by atoms with Crippen LogP contribution < -0.4 is 9.31 Å². The standard InChI is InChI=1S/C7H8N.C2H5.Sn/c8-6-7-4-2-1-3-5-7;1-2;/h1-4H,6,8H2;1H2,2H3;. The maximum absolute atomic E-state index is 5.61. The summed E-state index contributed by atoms with van der Waals surface area (Å²) >= 11 is -0.282. The Morgan fingerprint density at radius 2 is 2.09 bits per heavy atom. The summed E-state index contributed by atoms with van der Waals surface area (Å²) in [5, 5.41) is 0. The van der Waals surface area contributed by atoms with Crippen molar-refractivity contribution in [2.75, 3.05) is 0 Å². The van der Waals surface area contributed by atoms with Crippen LogP contribution in [0.15, 0.2) is 24.3 Å². The van der Waals surface area contributed by atoms with Gasteiger partial charge in [0.1, 0.15) is 0 Å². The van der Waals surface area contributed by atoms with Crippen LogP contribution in [0.1, 0.15) is 12.5 Å². The molecule has 2 heteroatoms. The van der Waals surface area contributed by atoms with Crippen molar-refractivity contribution < 1.29 is 0 Å². The molecule has 1 rings (SSSR count). The van der Waals surface area contributed by atoms with Crippen molar-refractivity contribution >= 4 is 24.7 Å². The van der Waals surface area contributed by atoms with Gasteiger partial charge in [-0.3, -0.25) is 0 Å². The zero-order chi connectivity index (χ0) is 8.10. The van der Waals surface area contributed by atoms with Crippen LogP contribution in [0.25, 0.3) is 0 Å². The van der Waals surface area contributed by atoms with Crippen molar-refractivity contribution in [3.05, 3.63) is 29.8 Å². The van der Waals surface area contributed by atoms with Gasteiger partial charge in [0.25, 0.3) is 0 Å². The molecule has 0 heterocycles. The van der Waals surface area contributed by atoms with Gasteiger partial charge < -0.3 is 0 Å². The van der Waals surface area contributed by atoms with Gasteiger partial charge >= 0.3 is 78.2 Å². The van der Waals surface area contributed by atoms with E-state index < -0.39 is 0 Å². The first kappa shape index (κ1) is 9.07. The van der Waals surface area contributed by atoms with E-state index in [0.29, 0.717) is 6.54 Å². The number of hydrogen-bond acceptors (Lipinski definition) is 1. The molecule has 11 heavy (non-hydrogen) atoms. The van der Waals surface area contributed by atoms with Crippen LogP contribution in [0.2, 0.25) is 4.44 Å². The number of nitrogens with two attached hydrogens (primary N) is 1. The van der Waals surface area contributed by atoms with Crippen LogP contribution in [0.3, 0.4) is 0 Å². The number of benzene rings is 1. The first-order valence-electron chi connectivity index (χ1n) is 3.90. The molecule has 1 aromatic rings. The van der Waals surface area contributed by atoms with Crippen molar-refractivity contribution in [1.82, 2.24) is 0 Å². The predicted octanol–water partition coefficient (Wildman–Crippen LogP) is 0.913. The SMILES string of the molecule is C[CH2][Sn][c]1ccccc1CN. The minimum atomic E-state index is -0.282. The number of rotatable bonds is 3. The van der Waals surface area contributed by atoms with Gasteiger partial charge in [0.2, 0.25) is 0 Å². The van der Waals surface area contributed by atoms with E-state index in [1.807, 2.05) is 0 Å². The Balaban J connectivity index is 2.83. The van der Waals surface area contributed by atoms with Gasteiger partial charge in [-0.15, -0.1) is 0 Å². The van der Waals surface area contributed by atoms with E-state index in [-0.39, 0.29) is 21.1 Å². The average molecular weight is 254 g/mol. The Morgan fingerprint density at radius 1 is 1.36 bits per heavy atom. The molecule has 0 aliphatic rings. The van der Waals surface area contributed by atoms with Gasteiger partial charge in [-0.1, -0.05) is 0 Å². The van der Waals surface area contributed by atoms with E-state index in [9.17, 15) is 0 Å². The van der Waals surface area contributed by atoms with Crippen molar-refractivity contribution in [2.24, 2.45) is 5.73 Å². The number of hydrogen-bond donors (Lipinski definition) is 1. The molecule has 0 unspecified atom stereocenters. The van der Waals surface area contributed by atoms with Crippen molar-refractivity contribution in [3.63, 3.8) is 0 Å². The summed E-state index contributed by atoms with van der Waals surface area (Å²) in [6.07, 6.45) is 0. The molecule has 0 aliphatic carbocycles. The van der Waals surface area contributed by atoms with Crippen LogP contribution >= 0.6 is 0 Å². The van der Waals surface area contributed by atoms with Gasteiger partial charge in [-0.05, 0) is 0 Å². The van der Waals surface area contributed by atoms with Gasteiger partial charge in [-0.2, -0.15) is 0 Å². The summed E-state index contributed by atoms with van der Waals surface area (Å²) in [5.74, 6) is 0. The van der Waals surface area contributed by atoms with E-state index in [2.05, 4.69) is 31.2 Å². The van der Waals surface area contributed by atoms with Gasteiger partial charge in [0, 0.05) is 0 Å².